The Balaban J connectivity index is 1.93. The summed E-state index contributed by atoms with van der Waals surface area (Å²) in [4.78, 5) is 12.9. The molecule has 1 N–H and O–H groups in total. The van der Waals surface area contributed by atoms with Crippen LogP contribution in [0.15, 0.2) is 58.5 Å². The maximum absolute atomic E-state index is 13.5. The Morgan fingerprint density at radius 1 is 1.27 bits per heavy atom. The Bertz CT molecular complexity index is 659. The molecule has 1 amide bonds. The number of amides is 1. The Labute approximate surface area is 137 Å². The molecule has 2 aromatic rings. The first-order valence-corrected chi connectivity index (χ1v) is 7.82. The Hall–Kier alpha value is -1.85. The third kappa shape index (κ3) is 4.58. The number of rotatable bonds is 5. The molecule has 0 heterocycles. The van der Waals surface area contributed by atoms with Crippen molar-refractivity contribution in [3.63, 3.8) is 0 Å². The maximum atomic E-state index is 13.5. The van der Waals surface area contributed by atoms with Gasteiger partial charge >= 0.3 is 0 Å². The van der Waals surface area contributed by atoms with E-state index >= 15 is 0 Å². The first-order chi connectivity index (χ1) is 10.6. The van der Waals surface area contributed by atoms with Gasteiger partial charge in [-0.05, 0) is 31.2 Å². The highest BCUT2D eigenvalue weighted by atomic mass is 35.5. The van der Waals surface area contributed by atoms with Gasteiger partial charge in [0.2, 0.25) is 0 Å². The zero-order valence-corrected chi connectivity index (χ0v) is 13.4. The lowest BCUT2D eigenvalue weighted by atomic mass is 10.2. The van der Waals surface area contributed by atoms with E-state index in [0.29, 0.717) is 0 Å². The predicted molar refractivity (Wildman–Crippen MR) is 88.9 cm³/mol. The molecular weight excluding hydrogens is 323 g/mol. The molecule has 0 saturated carbocycles. The summed E-state index contributed by atoms with van der Waals surface area (Å²) in [7, 11) is 0. The number of carbonyl (C=O) groups excluding carboxylic acids is 1. The number of nitrogens with one attached hydrogen (secondary N) is 1. The van der Waals surface area contributed by atoms with Crippen LogP contribution in [0.25, 0.3) is 0 Å². The fourth-order valence-electron chi connectivity index (χ4n) is 1.64. The molecule has 0 aliphatic carbocycles. The molecular formula is C16H14ClFN2OS. The smallest absolute Gasteiger partial charge is 0.253 e. The standard InChI is InChI=1S/C16H14ClFN2OS/c1-11(22-12-6-3-2-4-7-12)16(21)20-19-10-13-14(17)8-5-9-15(13)18/h2-11H,1H3,(H,20,21)/b19-10-/t11-/m0/s1. The Morgan fingerprint density at radius 3 is 2.68 bits per heavy atom. The average molecular weight is 337 g/mol. The van der Waals surface area contributed by atoms with Gasteiger partial charge in [0.15, 0.2) is 0 Å². The second-order valence-electron chi connectivity index (χ2n) is 4.44. The Morgan fingerprint density at radius 2 is 2.00 bits per heavy atom. The van der Waals surface area contributed by atoms with Crippen LogP contribution in [0.2, 0.25) is 5.02 Å². The Kier molecular flexibility index (Phi) is 5.98. The zero-order valence-electron chi connectivity index (χ0n) is 11.8. The molecule has 0 radical (unpaired) electrons. The van der Waals surface area contributed by atoms with Crippen molar-refractivity contribution in [2.45, 2.75) is 17.1 Å². The van der Waals surface area contributed by atoms with Crippen molar-refractivity contribution in [1.29, 1.82) is 0 Å². The number of thioether (sulfide) groups is 1. The van der Waals surface area contributed by atoms with Gasteiger partial charge in [-0.1, -0.05) is 35.9 Å². The first-order valence-electron chi connectivity index (χ1n) is 6.56. The van der Waals surface area contributed by atoms with E-state index in [4.69, 9.17) is 11.6 Å². The SMILES string of the molecule is C[C@H](Sc1ccccc1)C(=O)N/N=C\c1c(F)cccc1Cl. The summed E-state index contributed by atoms with van der Waals surface area (Å²) < 4.78 is 13.5. The van der Waals surface area contributed by atoms with E-state index in [9.17, 15) is 9.18 Å². The van der Waals surface area contributed by atoms with E-state index in [1.54, 1.807) is 13.0 Å². The lowest BCUT2D eigenvalue weighted by molar-refractivity contribution is -0.120. The first kappa shape index (κ1) is 16.5. The van der Waals surface area contributed by atoms with Crippen LogP contribution in [-0.2, 0) is 4.79 Å². The van der Waals surface area contributed by atoms with Crippen LogP contribution in [0.5, 0.6) is 0 Å². The van der Waals surface area contributed by atoms with Gasteiger partial charge in [-0.3, -0.25) is 4.79 Å². The van der Waals surface area contributed by atoms with Crippen LogP contribution < -0.4 is 5.43 Å². The third-order valence-corrected chi connectivity index (χ3v) is 4.23. The predicted octanol–water partition coefficient (Wildman–Crippen LogP) is 4.11. The number of carbonyl (C=O) groups is 1. The molecule has 0 spiro atoms. The zero-order chi connectivity index (χ0) is 15.9. The molecule has 2 aromatic carbocycles. The number of hydrogen-bond acceptors (Lipinski definition) is 3. The summed E-state index contributed by atoms with van der Waals surface area (Å²) in [6.07, 6.45) is 1.20. The number of benzene rings is 2. The largest absolute Gasteiger partial charge is 0.272 e. The molecule has 3 nitrogen and oxygen atoms in total. The van der Waals surface area contributed by atoms with E-state index in [0.717, 1.165) is 4.90 Å². The van der Waals surface area contributed by atoms with Gasteiger partial charge in [-0.15, -0.1) is 11.8 Å². The second-order valence-corrected chi connectivity index (χ2v) is 6.26. The van der Waals surface area contributed by atoms with Crippen molar-refractivity contribution in [3.8, 4) is 0 Å². The van der Waals surface area contributed by atoms with Crippen LogP contribution in [-0.4, -0.2) is 17.4 Å². The fourth-order valence-corrected chi connectivity index (χ4v) is 2.74. The van der Waals surface area contributed by atoms with Gasteiger partial charge in [-0.2, -0.15) is 5.10 Å². The molecule has 6 heteroatoms. The number of hydrogen-bond donors (Lipinski definition) is 1. The van der Waals surface area contributed by atoms with Gasteiger partial charge in [0.25, 0.3) is 5.91 Å². The van der Waals surface area contributed by atoms with Crippen LogP contribution >= 0.6 is 23.4 Å². The lowest BCUT2D eigenvalue weighted by Crippen LogP contribution is -2.26. The topological polar surface area (TPSA) is 41.5 Å². The number of halogens is 2. The molecule has 1 atom stereocenters. The van der Waals surface area contributed by atoms with Crippen LogP contribution in [0.4, 0.5) is 4.39 Å². The van der Waals surface area contributed by atoms with Crippen LogP contribution in [0.1, 0.15) is 12.5 Å². The van der Waals surface area contributed by atoms with Gasteiger partial charge < -0.3 is 0 Å². The second kappa shape index (κ2) is 7.96. The van der Waals surface area contributed by atoms with E-state index in [1.165, 1.54) is 30.1 Å². The maximum Gasteiger partial charge on any atom is 0.253 e. The summed E-state index contributed by atoms with van der Waals surface area (Å²) in [5.41, 5.74) is 2.54. The van der Waals surface area contributed by atoms with E-state index in [-0.39, 0.29) is 21.7 Å². The molecule has 114 valence electrons. The van der Waals surface area contributed by atoms with Crippen molar-refractivity contribution in [2.24, 2.45) is 5.10 Å². The minimum atomic E-state index is -0.489. The summed E-state index contributed by atoms with van der Waals surface area (Å²) in [6, 6.07) is 13.9. The van der Waals surface area contributed by atoms with Crippen molar-refractivity contribution in [3.05, 3.63) is 64.9 Å². The lowest BCUT2D eigenvalue weighted by Gasteiger charge is -2.09. The molecule has 0 aromatic heterocycles. The van der Waals surface area contributed by atoms with E-state index in [1.807, 2.05) is 30.3 Å². The summed E-state index contributed by atoms with van der Waals surface area (Å²) in [6.45, 7) is 1.78. The van der Waals surface area contributed by atoms with E-state index < -0.39 is 5.82 Å². The quantitative estimate of drug-likeness (QED) is 0.507. The van der Waals surface area contributed by atoms with Crippen molar-refractivity contribution in [2.75, 3.05) is 0 Å². The molecule has 0 bridgehead atoms. The minimum absolute atomic E-state index is 0.146. The number of nitrogens with zero attached hydrogens (tertiary/aromatic N) is 1. The van der Waals surface area contributed by atoms with Gasteiger partial charge in [0, 0.05) is 10.5 Å². The van der Waals surface area contributed by atoms with Crippen LogP contribution in [0, 0.1) is 5.82 Å². The fraction of sp³-hybridized carbons (Fsp3) is 0.125. The van der Waals surface area contributed by atoms with Crippen molar-refractivity contribution in [1.82, 2.24) is 5.43 Å². The molecule has 2 rings (SSSR count). The van der Waals surface area contributed by atoms with Gasteiger partial charge in [0.1, 0.15) is 5.82 Å². The van der Waals surface area contributed by atoms with Crippen LogP contribution in [0.3, 0.4) is 0 Å². The molecule has 0 fully saturated rings. The van der Waals surface area contributed by atoms with E-state index in [2.05, 4.69) is 10.5 Å². The van der Waals surface area contributed by atoms with Crippen molar-refractivity contribution < 1.29 is 9.18 Å². The summed E-state index contributed by atoms with van der Waals surface area (Å²) in [5.74, 6) is -0.755. The molecule has 0 saturated heterocycles. The highest BCUT2D eigenvalue weighted by molar-refractivity contribution is 8.00. The van der Waals surface area contributed by atoms with Gasteiger partial charge in [-0.25, -0.2) is 9.82 Å². The average Bonchev–Trinajstić information content (AvgIpc) is 2.51. The molecule has 0 aliphatic rings. The molecule has 0 unspecified atom stereocenters. The monoisotopic (exact) mass is 336 g/mol. The molecule has 22 heavy (non-hydrogen) atoms. The van der Waals surface area contributed by atoms with Crippen molar-refractivity contribution >= 4 is 35.5 Å². The number of hydrazone groups is 1. The minimum Gasteiger partial charge on any atom is -0.272 e. The summed E-state index contributed by atoms with van der Waals surface area (Å²) >= 11 is 7.28. The highest BCUT2D eigenvalue weighted by Gasteiger charge is 2.13. The molecule has 0 aliphatic heterocycles. The highest BCUT2D eigenvalue weighted by Crippen LogP contribution is 2.22. The normalized spacial score (nSPS) is 12.3. The van der Waals surface area contributed by atoms with Gasteiger partial charge in [0.05, 0.1) is 16.5 Å². The third-order valence-electron chi connectivity index (χ3n) is 2.79. The summed E-state index contributed by atoms with van der Waals surface area (Å²) in [5, 5.41) is 3.68.